The molecule has 0 unspecified atom stereocenters. The maximum absolute atomic E-state index is 13.0. The summed E-state index contributed by atoms with van der Waals surface area (Å²) >= 11 is 0. The Morgan fingerprint density at radius 3 is 2.49 bits per heavy atom. The third-order valence-corrected chi connectivity index (χ3v) is 5.26. The molecule has 37 heavy (non-hydrogen) atoms. The van der Waals surface area contributed by atoms with E-state index in [-0.39, 0.29) is 29.5 Å². The second-order valence-electron chi connectivity index (χ2n) is 8.01. The van der Waals surface area contributed by atoms with Crippen LogP contribution in [0.2, 0.25) is 0 Å². The van der Waals surface area contributed by atoms with Gasteiger partial charge in [-0.05, 0) is 54.5 Å². The van der Waals surface area contributed by atoms with E-state index in [1.807, 2.05) is 25.1 Å². The van der Waals surface area contributed by atoms with Crippen molar-refractivity contribution in [1.29, 1.82) is 0 Å². The van der Waals surface area contributed by atoms with Crippen LogP contribution < -0.4 is 20.3 Å². The van der Waals surface area contributed by atoms with E-state index < -0.39 is 22.8 Å². The summed E-state index contributed by atoms with van der Waals surface area (Å²) in [7, 11) is 0. The first-order valence-electron chi connectivity index (χ1n) is 11.0. The smallest absolute Gasteiger partial charge is 0.335 e. The molecule has 0 radical (unpaired) electrons. The molecule has 4 rings (SSSR count). The fraction of sp³-hybridized carbons (Fsp3) is 0.0769. The van der Waals surface area contributed by atoms with E-state index in [1.54, 1.807) is 30.3 Å². The Morgan fingerprint density at radius 1 is 1.05 bits per heavy atom. The summed E-state index contributed by atoms with van der Waals surface area (Å²) in [4.78, 5) is 60.9. The minimum absolute atomic E-state index is 0.0530. The number of rotatable bonds is 7. The molecule has 1 fully saturated rings. The molecule has 0 spiro atoms. The van der Waals surface area contributed by atoms with Crippen molar-refractivity contribution in [3.63, 3.8) is 0 Å². The van der Waals surface area contributed by atoms with Crippen LogP contribution in [0.4, 0.5) is 21.9 Å². The number of barbiturate groups is 1. The third-order valence-electron chi connectivity index (χ3n) is 5.26. The number of urea groups is 1. The third kappa shape index (κ3) is 5.85. The van der Waals surface area contributed by atoms with Crippen molar-refractivity contribution in [3.8, 4) is 5.75 Å². The highest BCUT2D eigenvalue weighted by atomic mass is 16.6. The van der Waals surface area contributed by atoms with Gasteiger partial charge in [-0.2, -0.15) is 0 Å². The number of carbonyl (C=O) groups excluding carboxylic acids is 4. The van der Waals surface area contributed by atoms with Crippen molar-refractivity contribution in [1.82, 2.24) is 5.32 Å². The van der Waals surface area contributed by atoms with E-state index in [9.17, 15) is 29.3 Å². The molecular weight excluding hydrogens is 480 g/mol. The molecule has 0 aromatic heterocycles. The van der Waals surface area contributed by atoms with Crippen molar-refractivity contribution in [2.24, 2.45) is 0 Å². The van der Waals surface area contributed by atoms with Crippen LogP contribution in [0.1, 0.15) is 11.1 Å². The number of hydrogen-bond acceptors (Lipinski definition) is 7. The number of carbonyl (C=O) groups is 4. The van der Waals surface area contributed by atoms with Gasteiger partial charge in [0.15, 0.2) is 6.61 Å². The van der Waals surface area contributed by atoms with Crippen LogP contribution >= 0.6 is 0 Å². The second-order valence-corrected chi connectivity index (χ2v) is 8.01. The number of nitrogens with zero attached hydrogens (tertiary/aromatic N) is 2. The Kier molecular flexibility index (Phi) is 7.05. The quantitative estimate of drug-likeness (QED) is 0.218. The van der Waals surface area contributed by atoms with Gasteiger partial charge in [-0.15, -0.1) is 0 Å². The van der Waals surface area contributed by atoms with Gasteiger partial charge in [0.2, 0.25) is 0 Å². The van der Waals surface area contributed by atoms with Crippen LogP contribution in [0.15, 0.2) is 78.4 Å². The summed E-state index contributed by atoms with van der Waals surface area (Å²) in [6, 6.07) is 17.5. The number of benzene rings is 3. The van der Waals surface area contributed by atoms with Crippen LogP contribution in [-0.2, 0) is 14.4 Å². The molecule has 0 aliphatic carbocycles. The molecule has 1 saturated heterocycles. The molecule has 3 aromatic rings. The van der Waals surface area contributed by atoms with E-state index in [4.69, 9.17) is 4.74 Å². The zero-order valence-electron chi connectivity index (χ0n) is 19.5. The molecule has 1 heterocycles. The van der Waals surface area contributed by atoms with Gasteiger partial charge in [0.1, 0.15) is 11.3 Å². The van der Waals surface area contributed by atoms with Crippen LogP contribution in [0.5, 0.6) is 5.75 Å². The average Bonchev–Trinajstić information content (AvgIpc) is 2.86. The number of amides is 5. The van der Waals surface area contributed by atoms with Gasteiger partial charge in [-0.3, -0.25) is 29.8 Å². The van der Waals surface area contributed by atoms with Crippen molar-refractivity contribution < 1.29 is 28.8 Å². The molecule has 0 saturated carbocycles. The zero-order valence-corrected chi connectivity index (χ0v) is 19.5. The van der Waals surface area contributed by atoms with Crippen LogP contribution in [0.25, 0.3) is 6.08 Å². The topological polar surface area (TPSA) is 148 Å². The van der Waals surface area contributed by atoms with Crippen LogP contribution in [0, 0.1) is 17.0 Å². The van der Waals surface area contributed by atoms with Crippen LogP contribution in [-0.4, -0.2) is 35.3 Å². The highest BCUT2D eigenvalue weighted by molar-refractivity contribution is 6.39. The first-order chi connectivity index (χ1) is 17.7. The van der Waals surface area contributed by atoms with Gasteiger partial charge in [-0.1, -0.05) is 30.3 Å². The van der Waals surface area contributed by atoms with Crippen molar-refractivity contribution in [3.05, 3.63) is 99.6 Å². The molecule has 1 aliphatic rings. The molecule has 5 amide bonds. The summed E-state index contributed by atoms with van der Waals surface area (Å²) in [5.41, 5.74) is 1.40. The number of imide groups is 2. The minimum atomic E-state index is -1.01. The molecule has 3 aromatic carbocycles. The lowest BCUT2D eigenvalue weighted by molar-refractivity contribution is -0.384. The fourth-order valence-corrected chi connectivity index (χ4v) is 3.53. The number of ether oxygens (including phenoxy) is 1. The summed E-state index contributed by atoms with van der Waals surface area (Å²) in [5.74, 6) is -1.78. The number of non-ortho nitro benzene ring substituents is 1. The molecule has 11 heteroatoms. The Hall–Kier alpha value is -5.32. The van der Waals surface area contributed by atoms with Gasteiger partial charge < -0.3 is 10.1 Å². The lowest BCUT2D eigenvalue weighted by Gasteiger charge is -2.26. The monoisotopic (exact) mass is 500 g/mol. The summed E-state index contributed by atoms with van der Waals surface area (Å²) < 4.78 is 5.49. The zero-order chi connectivity index (χ0) is 26.5. The van der Waals surface area contributed by atoms with Crippen molar-refractivity contribution in [2.75, 3.05) is 16.8 Å². The molecule has 0 bridgehead atoms. The maximum Gasteiger partial charge on any atom is 0.335 e. The molecule has 11 nitrogen and oxygen atoms in total. The SMILES string of the molecule is Cc1cccc(NC(=O)COc2ccc(/C=C3/C(=O)NC(=O)N(c4cccc([N+](=O)[O-])c4)C3=O)cc2)c1. The van der Waals surface area contributed by atoms with E-state index >= 15 is 0 Å². The van der Waals surface area contributed by atoms with E-state index in [0.29, 0.717) is 21.9 Å². The predicted octanol–water partition coefficient (Wildman–Crippen LogP) is 3.59. The highest BCUT2D eigenvalue weighted by Gasteiger charge is 2.37. The first kappa shape index (κ1) is 24.8. The van der Waals surface area contributed by atoms with E-state index in [0.717, 1.165) is 11.6 Å². The Labute approximate surface area is 210 Å². The molecular formula is C26H20N4O7. The average molecular weight is 500 g/mol. The number of anilines is 2. The second kappa shape index (κ2) is 10.5. The van der Waals surface area contributed by atoms with Gasteiger partial charge >= 0.3 is 6.03 Å². The Morgan fingerprint density at radius 2 is 1.78 bits per heavy atom. The number of hydrogen-bond donors (Lipinski definition) is 2. The van der Waals surface area contributed by atoms with Crippen molar-refractivity contribution >= 4 is 46.9 Å². The summed E-state index contributed by atoms with van der Waals surface area (Å²) in [6.07, 6.45) is 1.28. The van der Waals surface area contributed by atoms with Gasteiger partial charge in [0.05, 0.1) is 10.6 Å². The first-order valence-corrected chi connectivity index (χ1v) is 11.0. The molecule has 1 aliphatic heterocycles. The fourth-order valence-electron chi connectivity index (χ4n) is 3.53. The lowest BCUT2D eigenvalue weighted by Crippen LogP contribution is -2.54. The Balaban J connectivity index is 1.45. The lowest BCUT2D eigenvalue weighted by atomic mass is 10.1. The summed E-state index contributed by atoms with van der Waals surface area (Å²) in [6.45, 7) is 1.69. The van der Waals surface area contributed by atoms with Gasteiger partial charge in [0, 0.05) is 17.8 Å². The van der Waals surface area contributed by atoms with Crippen molar-refractivity contribution in [2.45, 2.75) is 6.92 Å². The summed E-state index contributed by atoms with van der Waals surface area (Å²) in [5, 5.41) is 15.9. The Bertz CT molecular complexity index is 1450. The number of nitrogens with one attached hydrogen (secondary N) is 2. The largest absolute Gasteiger partial charge is 0.484 e. The minimum Gasteiger partial charge on any atom is -0.484 e. The number of nitro benzene ring substituents is 1. The van der Waals surface area contributed by atoms with E-state index in [1.165, 1.54) is 24.3 Å². The normalized spacial score (nSPS) is 14.4. The maximum atomic E-state index is 13.0. The van der Waals surface area contributed by atoms with E-state index in [2.05, 4.69) is 10.6 Å². The molecule has 186 valence electrons. The van der Waals surface area contributed by atoms with Gasteiger partial charge in [0.25, 0.3) is 23.4 Å². The highest BCUT2D eigenvalue weighted by Crippen LogP contribution is 2.26. The molecule has 2 N–H and O–H groups in total. The standard InChI is InChI=1S/C26H20N4O7/c1-16-4-2-5-18(12-16)27-23(31)15-37-21-10-8-17(9-11-21)13-22-24(32)28-26(34)29(25(22)33)19-6-3-7-20(14-19)30(35)36/h2-14H,15H2,1H3,(H,27,31)(H,28,32,34)/b22-13-. The predicted molar refractivity (Wildman–Crippen MR) is 134 cm³/mol. The number of aryl methyl sites for hydroxylation is 1. The number of nitro groups is 1. The van der Waals surface area contributed by atoms with Gasteiger partial charge in [-0.25, -0.2) is 9.69 Å². The van der Waals surface area contributed by atoms with Crippen LogP contribution in [0.3, 0.4) is 0 Å². The molecule has 0 atom stereocenters.